The molecule has 0 aliphatic rings. The Hall–Kier alpha value is -1.62. The molecule has 5 heteroatoms. The summed E-state index contributed by atoms with van der Waals surface area (Å²) in [5.74, 6) is -0.0470. The number of nitrogens with one attached hydrogen (secondary N) is 2. The molecule has 0 fully saturated rings. The van der Waals surface area contributed by atoms with E-state index in [-0.39, 0.29) is 12.5 Å². The van der Waals surface area contributed by atoms with Gasteiger partial charge in [0, 0.05) is 7.05 Å². The Bertz CT molecular complexity index is 447. The van der Waals surface area contributed by atoms with Crippen molar-refractivity contribution in [2.75, 3.05) is 18.9 Å². The van der Waals surface area contributed by atoms with E-state index in [2.05, 4.69) is 15.6 Å². The first-order chi connectivity index (χ1) is 7.29. The van der Waals surface area contributed by atoms with E-state index in [4.69, 9.17) is 0 Å². The lowest BCUT2D eigenvalue weighted by atomic mass is 10.3. The van der Waals surface area contributed by atoms with E-state index in [1.54, 1.807) is 18.4 Å². The van der Waals surface area contributed by atoms with Crippen molar-refractivity contribution in [2.45, 2.75) is 0 Å². The predicted octanol–water partition coefficient (Wildman–Crippen LogP) is 1.45. The molecule has 0 saturated heterocycles. The summed E-state index contributed by atoms with van der Waals surface area (Å²) >= 11 is 1.55. The highest BCUT2D eigenvalue weighted by molar-refractivity contribution is 7.22. The van der Waals surface area contributed by atoms with Crippen LogP contribution in [0.15, 0.2) is 24.3 Å². The summed E-state index contributed by atoms with van der Waals surface area (Å²) in [6.07, 6.45) is 0. The standard InChI is InChI=1S/C10H11N3OS/c1-11-9(14)6-12-10-13-7-4-2-3-5-8(7)15-10/h2-5H,6H2,1H3,(H,11,14)(H,12,13). The molecule has 1 aromatic carbocycles. The Kier molecular flexibility index (Phi) is 2.82. The van der Waals surface area contributed by atoms with Gasteiger partial charge >= 0.3 is 0 Å². The number of anilines is 1. The molecular formula is C10H11N3OS. The number of para-hydroxylation sites is 1. The zero-order chi connectivity index (χ0) is 10.7. The summed E-state index contributed by atoms with van der Waals surface area (Å²) in [7, 11) is 1.61. The molecule has 1 heterocycles. The van der Waals surface area contributed by atoms with Crippen LogP contribution in [0.5, 0.6) is 0 Å². The smallest absolute Gasteiger partial charge is 0.239 e. The molecule has 1 amide bonds. The molecule has 0 aliphatic carbocycles. The van der Waals surface area contributed by atoms with Gasteiger partial charge in [0.1, 0.15) is 0 Å². The van der Waals surface area contributed by atoms with Crippen molar-refractivity contribution in [3.8, 4) is 0 Å². The molecule has 0 saturated carbocycles. The SMILES string of the molecule is CNC(=O)CNc1nc2ccccc2s1. The van der Waals surface area contributed by atoms with Gasteiger partial charge in [-0.15, -0.1) is 0 Å². The third kappa shape index (κ3) is 2.24. The quantitative estimate of drug-likeness (QED) is 0.825. The van der Waals surface area contributed by atoms with Crippen molar-refractivity contribution in [2.24, 2.45) is 0 Å². The number of amides is 1. The largest absolute Gasteiger partial charge is 0.358 e. The van der Waals surface area contributed by atoms with E-state index in [1.165, 1.54) is 0 Å². The number of hydrogen-bond donors (Lipinski definition) is 2. The molecule has 0 spiro atoms. The fraction of sp³-hybridized carbons (Fsp3) is 0.200. The normalized spacial score (nSPS) is 10.2. The lowest BCUT2D eigenvalue weighted by molar-refractivity contribution is -0.118. The monoisotopic (exact) mass is 221 g/mol. The first-order valence-electron chi connectivity index (χ1n) is 4.59. The summed E-state index contributed by atoms with van der Waals surface area (Å²) in [5, 5.41) is 6.30. The van der Waals surface area contributed by atoms with Crippen LogP contribution in [0.3, 0.4) is 0 Å². The van der Waals surface area contributed by atoms with Crippen LogP contribution in [-0.2, 0) is 4.79 Å². The van der Waals surface area contributed by atoms with Crippen LogP contribution in [0.2, 0.25) is 0 Å². The minimum absolute atomic E-state index is 0.0470. The zero-order valence-corrected chi connectivity index (χ0v) is 9.10. The summed E-state index contributed by atoms with van der Waals surface area (Å²) in [6, 6.07) is 7.89. The second kappa shape index (κ2) is 4.27. The number of nitrogens with zero attached hydrogens (tertiary/aromatic N) is 1. The first kappa shape index (κ1) is 9.92. The lowest BCUT2D eigenvalue weighted by Gasteiger charge is -1.99. The molecule has 0 bridgehead atoms. The molecule has 4 nitrogen and oxygen atoms in total. The van der Waals surface area contributed by atoms with Gasteiger partial charge in [-0.25, -0.2) is 4.98 Å². The highest BCUT2D eigenvalue weighted by Crippen LogP contribution is 2.24. The molecule has 2 aromatic rings. The fourth-order valence-electron chi connectivity index (χ4n) is 1.19. The van der Waals surface area contributed by atoms with E-state index >= 15 is 0 Å². The minimum Gasteiger partial charge on any atom is -0.358 e. The van der Waals surface area contributed by atoms with E-state index in [0.717, 1.165) is 15.3 Å². The van der Waals surface area contributed by atoms with Gasteiger partial charge in [-0.1, -0.05) is 23.5 Å². The highest BCUT2D eigenvalue weighted by atomic mass is 32.1. The minimum atomic E-state index is -0.0470. The number of benzene rings is 1. The zero-order valence-electron chi connectivity index (χ0n) is 8.28. The average Bonchev–Trinajstić information content (AvgIpc) is 2.68. The maximum atomic E-state index is 11.0. The maximum absolute atomic E-state index is 11.0. The summed E-state index contributed by atoms with van der Waals surface area (Å²) < 4.78 is 1.12. The fourth-order valence-corrected chi connectivity index (χ4v) is 2.05. The number of hydrogen-bond acceptors (Lipinski definition) is 4. The molecule has 2 rings (SSSR count). The summed E-state index contributed by atoms with van der Waals surface area (Å²) in [4.78, 5) is 15.3. The van der Waals surface area contributed by atoms with E-state index in [1.807, 2.05) is 24.3 Å². The topological polar surface area (TPSA) is 54.0 Å². The Labute approximate surface area is 91.3 Å². The summed E-state index contributed by atoms with van der Waals surface area (Å²) in [5.41, 5.74) is 0.960. The van der Waals surface area contributed by atoms with Crippen LogP contribution in [0, 0.1) is 0 Å². The van der Waals surface area contributed by atoms with Crippen molar-refractivity contribution in [3.63, 3.8) is 0 Å². The average molecular weight is 221 g/mol. The highest BCUT2D eigenvalue weighted by Gasteiger charge is 2.03. The van der Waals surface area contributed by atoms with E-state index < -0.39 is 0 Å². The number of likely N-dealkylation sites (N-methyl/N-ethyl adjacent to an activating group) is 1. The van der Waals surface area contributed by atoms with Crippen LogP contribution < -0.4 is 10.6 Å². The number of thiazole rings is 1. The molecule has 1 aromatic heterocycles. The van der Waals surface area contributed by atoms with Crippen molar-refractivity contribution in [1.29, 1.82) is 0 Å². The van der Waals surface area contributed by atoms with Crippen molar-refractivity contribution < 1.29 is 4.79 Å². The molecular weight excluding hydrogens is 210 g/mol. The number of carbonyl (C=O) groups is 1. The Morgan fingerprint density at radius 3 is 3.00 bits per heavy atom. The Morgan fingerprint density at radius 1 is 1.47 bits per heavy atom. The lowest BCUT2D eigenvalue weighted by Crippen LogP contribution is -2.26. The van der Waals surface area contributed by atoms with Crippen LogP contribution in [0.4, 0.5) is 5.13 Å². The molecule has 15 heavy (non-hydrogen) atoms. The first-order valence-corrected chi connectivity index (χ1v) is 5.41. The van der Waals surface area contributed by atoms with Gasteiger partial charge in [-0.2, -0.15) is 0 Å². The van der Waals surface area contributed by atoms with Crippen LogP contribution >= 0.6 is 11.3 Å². The number of aromatic nitrogens is 1. The van der Waals surface area contributed by atoms with E-state index in [9.17, 15) is 4.79 Å². The van der Waals surface area contributed by atoms with Gasteiger partial charge < -0.3 is 10.6 Å². The predicted molar refractivity (Wildman–Crippen MR) is 62.2 cm³/mol. The molecule has 0 radical (unpaired) electrons. The van der Waals surface area contributed by atoms with Gasteiger partial charge in [0.05, 0.1) is 16.8 Å². The molecule has 0 aliphatic heterocycles. The van der Waals surface area contributed by atoms with Crippen molar-refractivity contribution in [3.05, 3.63) is 24.3 Å². The number of fused-ring (bicyclic) bond motifs is 1. The van der Waals surface area contributed by atoms with E-state index in [0.29, 0.717) is 0 Å². The van der Waals surface area contributed by atoms with Crippen LogP contribution in [-0.4, -0.2) is 24.5 Å². The molecule has 0 unspecified atom stereocenters. The van der Waals surface area contributed by atoms with Gasteiger partial charge in [0.25, 0.3) is 0 Å². The van der Waals surface area contributed by atoms with Crippen molar-refractivity contribution >= 4 is 32.6 Å². The Morgan fingerprint density at radius 2 is 2.27 bits per heavy atom. The molecule has 2 N–H and O–H groups in total. The summed E-state index contributed by atoms with van der Waals surface area (Å²) in [6.45, 7) is 0.260. The number of rotatable bonds is 3. The number of carbonyl (C=O) groups excluding carboxylic acids is 1. The van der Waals surface area contributed by atoms with Gasteiger partial charge in [-0.3, -0.25) is 4.79 Å². The van der Waals surface area contributed by atoms with Crippen molar-refractivity contribution in [1.82, 2.24) is 10.3 Å². The van der Waals surface area contributed by atoms with Crippen LogP contribution in [0.25, 0.3) is 10.2 Å². The van der Waals surface area contributed by atoms with Gasteiger partial charge in [-0.05, 0) is 12.1 Å². The van der Waals surface area contributed by atoms with Gasteiger partial charge in [0.2, 0.25) is 5.91 Å². The molecule has 78 valence electrons. The van der Waals surface area contributed by atoms with Crippen LogP contribution in [0.1, 0.15) is 0 Å². The second-order valence-corrected chi connectivity index (χ2v) is 4.04. The third-order valence-electron chi connectivity index (χ3n) is 1.97. The molecule has 0 atom stereocenters. The maximum Gasteiger partial charge on any atom is 0.239 e. The Balaban J connectivity index is 2.12. The third-order valence-corrected chi connectivity index (χ3v) is 2.97. The second-order valence-electron chi connectivity index (χ2n) is 3.01. The van der Waals surface area contributed by atoms with Gasteiger partial charge in [0.15, 0.2) is 5.13 Å².